The molecule has 0 saturated carbocycles. The zero-order valence-electron chi connectivity index (χ0n) is 15.8. The Morgan fingerprint density at radius 2 is 1.90 bits per heavy atom. The lowest BCUT2D eigenvalue weighted by Crippen LogP contribution is -2.27. The molecular formula is C24H20FN3O. The highest BCUT2D eigenvalue weighted by atomic mass is 19.1. The first-order chi connectivity index (χ1) is 14.1. The Bertz CT molecular complexity index is 1060. The maximum atomic E-state index is 15.2. The van der Waals surface area contributed by atoms with E-state index in [2.05, 4.69) is 22.1 Å². The summed E-state index contributed by atoms with van der Waals surface area (Å²) in [6, 6.07) is 21.9. The number of nitrogens with zero attached hydrogens (tertiary/aromatic N) is 2. The molecule has 1 saturated heterocycles. The van der Waals surface area contributed by atoms with Crippen LogP contribution in [-0.2, 0) is 0 Å². The van der Waals surface area contributed by atoms with E-state index in [1.165, 1.54) is 0 Å². The number of para-hydroxylation sites is 1. The molecule has 1 aromatic heterocycles. The van der Waals surface area contributed by atoms with Gasteiger partial charge in [-0.15, -0.1) is 0 Å². The van der Waals surface area contributed by atoms with Gasteiger partial charge in [-0.25, -0.2) is 9.37 Å². The van der Waals surface area contributed by atoms with Crippen LogP contribution in [0.2, 0.25) is 0 Å². The summed E-state index contributed by atoms with van der Waals surface area (Å²) in [7, 11) is 0. The van der Waals surface area contributed by atoms with E-state index in [1.54, 1.807) is 30.5 Å². The van der Waals surface area contributed by atoms with E-state index >= 15 is 4.39 Å². The lowest BCUT2D eigenvalue weighted by Gasteiger charge is -2.20. The van der Waals surface area contributed by atoms with Crippen LogP contribution in [0.1, 0.15) is 22.5 Å². The van der Waals surface area contributed by atoms with Crippen LogP contribution in [0.4, 0.5) is 15.8 Å². The first-order valence-electron chi connectivity index (χ1n) is 9.46. The number of hydrogen-bond acceptors (Lipinski definition) is 3. The molecule has 1 fully saturated rings. The molecule has 0 spiro atoms. The average molecular weight is 385 g/mol. The summed E-state index contributed by atoms with van der Waals surface area (Å²) in [6.45, 7) is 0.702. The third kappa shape index (κ3) is 4.61. The molecule has 144 valence electrons. The van der Waals surface area contributed by atoms with Crippen LogP contribution in [0.15, 0.2) is 79.0 Å². The van der Waals surface area contributed by atoms with Crippen molar-refractivity contribution in [3.63, 3.8) is 0 Å². The van der Waals surface area contributed by atoms with Gasteiger partial charge in [0.1, 0.15) is 5.69 Å². The summed E-state index contributed by atoms with van der Waals surface area (Å²) in [6.07, 6.45) is 1.95. The fourth-order valence-electron chi connectivity index (χ4n) is 3.28. The first-order valence-corrected chi connectivity index (χ1v) is 9.46. The molecule has 0 aliphatic carbocycles. The lowest BCUT2D eigenvalue weighted by molar-refractivity contribution is 0.102. The molecule has 1 atom stereocenters. The summed E-state index contributed by atoms with van der Waals surface area (Å²) in [5.41, 5.74) is 1.03. The van der Waals surface area contributed by atoms with Crippen LogP contribution < -0.4 is 10.2 Å². The predicted octanol–water partition coefficient (Wildman–Crippen LogP) is 4.30. The van der Waals surface area contributed by atoms with Crippen molar-refractivity contribution in [3.05, 3.63) is 90.3 Å². The van der Waals surface area contributed by atoms with E-state index in [-0.39, 0.29) is 12.5 Å². The standard InChI is InChI=1S/C24H20FN3O/c25-24(13-12-20-8-4-5-15-26-20)14-16-28(18-24)22-11-6-7-19(17-22)23(29)27-21-9-2-1-3-10-21/h1-11,15,17H,14,16,18H2,(H,27,29). The van der Waals surface area contributed by atoms with Crippen LogP contribution in [0, 0.1) is 11.8 Å². The number of hydrogen-bond donors (Lipinski definition) is 1. The van der Waals surface area contributed by atoms with E-state index in [4.69, 9.17) is 0 Å². The molecule has 0 bridgehead atoms. The van der Waals surface area contributed by atoms with Crippen molar-refractivity contribution in [2.24, 2.45) is 0 Å². The molecule has 1 amide bonds. The third-order valence-corrected chi connectivity index (χ3v) is 4.80. The summed E-state index contributed by atoms with van der Waals surface area (Å²) in [5, 5.41) is 2.87. The molecule has 3 aromatic rings. The molecule has 2 aromatic carbocycles. The second-order valence-corrected chi connectivity index (χ2v) is 6.97. The SMILES string of the molecule is O=C(Nc1ccccc1)c1cccc(N2CCC(F)(C#Cc3ccccn3)C2)c1. The number of carbonyl (C=O) groups is 1. The Balaban J connectivity index is 1.46. The molecule has 5 heteroatoms. The van der Waals surface area contributed by atoms with Crippen LogP contribution in [-0.4, -0.2) is 29.6 Å². The molecule has 0 radical (unpaired) electrons. The second-order valence-electron chi connectivity index (χ2n) is 6.97. The summed E-state index contributed by atoms with van der Waals surface area (Å²) < 4.78 is 15.2. The molecule has 1 aliphatic heterocycles. The van der Waals surface area contributed by atoms with E-state index in [0.29, 0.717) is 24.2 Å². The Morgan fingerprint density at radius 1 is 1.07 bits per heavy atom. The fraction of sp³-hybridized carbons (Fsp3) is 0.167. The lowest BCUT2D eigenvalue weighted by atomic mass is 10.1. The van der Waals surface area contributed by atoms with Crippen molar-refractivity contribution >= 4 is 17.3 Å². The number of anilines is 2. The molecular weight excluding hydrogens is 365 g/mol. The van der Waals surface area contributed by atoms with Crippen LogP contribution >= 0.6 is 0 Å². The van der Waals surface area contributed by atoms with Gasteiger partial charge >= 0.3 is 0 Å². The zero-order chi connectivity index (χ0) is 20.1. The molecule has 4 rings (SSSR count). The van der Waals surface area contributed by atoms with E-state index in [1.807, 2.05) is 53.4 Å². The number of halogens is 1. The second kappa shape index (κ2) is 8.15. The van der Waals surface area contributed by atoms with Gasteiger partial charge < -0.3 is 10.2 Å². The quantitative estimate of drug-likeness (QED) is 0.684. The smallest absolute Gasteiger partial charge is 0.255 e. The Morgan fingerprint density at radius 3 is 2.69 bits per heavy atom. The Kier molecular flexibility index (Phi) is 5.26. The minimum Gasteiger partial charge on any atom is -0.367 e. The molecule has 1 N–H and O–H groups in total. The van der Waals surface area contributed by atoms with Crippen molar-refractivity contribution in [3.8, 4) is 11.8 Å². The van der Waals surface area contributed by atoms with Gasteiger partial charge in [-0.2, -0.15) is 0 Å². The molecule has 29 heavy (non-hydrogen) atoms. The van der Waals surface area contributed by atoms with Crippen LogP contribution in [0.25, 0.3) is 0 Å². The van der Waals surface area contributed by atoms with Crippen molar-refractivity contribution < 1.29 is 9.18 Å². The number of pyridine rings is 1. The van der Waals surface area contributed by atoms with Crippen molar-refractivity contribution in [1.82, 2.24) is 4.98 Å². The number of alkyl halides is 1. The third-order valence-electron chi connectivity index (χ3n) is 4.80. The van der Waals surface area contributed by atoms with Crippen molar-refractivity contribution in [1.29, 1.82) is 0 Å². The Hall–Kier alpha value is -3.65. The zero-order valence-corrected chi connectivity index (χ0v) is 15.8. The largest absolute Gasteiger partial charge is 0.367 e. The van der Waals surface area contributed by atoms with Gasteiger partial charge in [-0.1, -0.05) is 36.3 Å². The van der Waals surface area contributed by atoms with Crippen molar-refractivity contribution in [2.75, 3.05) is 23.3 Å². The average Bonchev–Trinajstić information content (AvgIpc) is 3.16. The van der Waals surface area contributed by atoms with Gasteiger partial charge in [0, 0.05) is 36.1 Å². The number of rotatable bonds is 3. The monoisotopic (exact) mass is 385 g/mol. The summed E-state index contributed by atoms with van der Waals surface area (Å²) in [5.74, 6) is 5.38. The highest BCUT2D eigenvalue weighted by Crippen LogP contribution is 2.30. The summed E-state index contributed by atoms with van der Waals surface area (Å²) in [4.78, 5) is 18.6. The molecule has 4 nitrogen and oxygen atoms in total. The van der Waals surface area contributed by atoms with Gasteiger partial charge in [-0.3, -0.25) is 4.79 Å². The van der Waals surface area contributed by atoms with Crippen LogP contribution in [0.5, 0.6) is 0 Å². The molecule has 1 aliphatic rings. The summed E-state index contributed by atoms with van der Waals surface area (Å²) >= 11 is 0. The van der Waals surface area contributed by atoms with E-state index in [0.717, 1.165) is 11.4 Å². The topological polar surface area (TPSA) is 45.2 Å². The minimum atomic E-state index is -1.60. The normalized spacial score (nSPS) is 18.0. The minimum absolute atomic E-state index is 0.163. The highest BCUT2D eigenvalue weighted by Gasteiger charge is 2.37. The van der Waals surface area contributed by atoms with Crippen LogP contribution in [0.3, 0.4) is 0 Å². The fourth-order valence-corrected chi connectivity index (χ4v) is 3.28. The van der Waals surface area contributed by atoms with Gasteiger partial charge in [-0.05, 0) is 48.4 Å². The maximum Gasteiger partial charge on any atom is 0.255 e. The van der Waals surface area contributed by atoms with Gasteiger partial charge in [0.05, 0.1) is 6.54 Å². The first kappa shape index (κ1) is 18.7. The number of amides is 1. The number of nitrogens with one attached hydrogen (secondary N) is 1. The molecule has 2 heterocycles. The Labute approximate surface area is 169 Å². The van der Waals surface area contributed by atoms with Crippen molar-refractivity contribution in [2.45, 2.75) is 12.1 Å². The number of carbonyl (C=O) groups excluding carboxylic acids is 1. The van der Waals surface area contributed by atoms with Gasteiger partial charge in [0.25, 0.3) is 5.91 Å². The highest BCUT2D eigenvalue weighted by molar-refractivity contribution is 6.04. The van der Waals surface area contributed by atoms with E-state index < -0.39 is 5.67 Å². The van der Waals surface area contributed by atoms with Gasteiger partial charge in [0.15, 0.2) is 5.67 Å². The number of aromatic nitrogens is 1. The maximum absolute atomic E-state index is 15.2. The molecule has 1 unspecified atom stereocenters. The number of benzene rings is 2. The van der Waals surface area contributed by atoms with Gasteiger partial charge in [0.2, 0.25) is 0 Å². The predicted molar refractivity (Wildman–Crippen MR) is 113 cm³/mol. The van der Waals surface area contributed by atoms with E-state index in [9.17, 15) is 4.79 Å².